The third kappa shape index (κ3) is 4.81. The van der Waals surface area contributed by atoms with Crippen LogP contribution in [0.15, 0.2) is 18.2 Å². The van der Waals surface area contributed by atoms with Crippen LogP contribution in [0.5, 0.6) is 5.75 Å². The van der Waals surface area contributed by atoms with Crippen LogP contribution < -0.4 is 15.0 Å². The zero-order valence-electron chi connectivity index (χ0n) is 12.3. The van der Waals surface area contributed by atoms with Crippen molar-refractivity contribution >= 4 is 11.8 Å². The number of unbranched alkanes of at least 4 members (excludes halogenated alkanes) is 2. The molecule has 1 amide bonds. The van der Waals surface area contributed by atoms with Gasteiger partial charge in [-0.3, -0.25) is 0 Å². The van der Waals surface area contributed by atoms with Gasteiger partial charge in [-0.15, -0.1) is 0 Å². The highest BCUT2D eigenvalue weighted by Gasteiger charge is 2.08. The lowest BCUT2D eigenvalue weighted by Crippen LogP contribution is -2.22. The molecule has 0 fully saturated rings. The molecule has 19 heavy (non-hydrogen) atoms. The molecule has 0 bridgehead atoms. The standard InChI is InChI=1S/C15H24N2O2/c1-5-6-7-8-12-11-13(19-15(18)16-2)9-10-14(12)17(3)4/h9-11H,5-8H2,1-4H3,(H,16,18). The van der Waals surface area contributed by atoms with E-state index in [0.717, 1.165) is 12.8 Å². The highest BCUT2D eigenvalue weighted by molar-refractivity contribution is 5.70. The Morgan fingerprint density at radius 2 is 2.05 bits per heavy atom. The van der Waals surface area contributed by atoms with Gasteiger partial charge in [0.1, 0.15) is 5.75 Å². The van der Waals surface area contributed by atoms with Crippen molar-refractivity contribution in [2.75, 3.05) is 26.0 Å². The summed E-state index contributed by atoms with van der Waals surface area (Å²) in [6, 6.07) is 5.79. The van der Waals surface area contributed by atoms with E-state index in [1.54, 1.807) is 7.05 Å². The number of amides is 1. The van der Waals surface area contributed by atoms with Gasteiger partial charge in [0.2, 0.25) is 0 Å². The zero-order valence-corrected chi connectivity index (χ0v) is 12.3. The topological polar surface area (TPSA) is 41.6 Å². The monoisotopic (exact) mass is 264 g/mol. The van der Waals surface area contributed by atoms with E-state index in [0.29, 0.717) is 5.75 Å². The van der Waals surface area contributed by atoms with Gasteiger partial charge in [0.15, 0.2) is 0 Å². The number of ether oxygens (including phenoxy) is 1. The van der Waals surface area contributed by atoms with Gasteiger partial charge in [0.05, 0.1) is 0 Å². The van der Waals surface area contributed by atoms with Gasteiger partial charge in [-0.1, -0.05) is 19.8 Å². The summed E-state index contributed by atoms with van der Waals surface area (Å²) in [4.78, 5) is 13.3. The molecular formula is C15H24N2O2. The maximum absolute atomic E-state index is 11.2. The van der Waals surface area contributed by atoms with E-state index in [4.69, 9.17) is 4.74 Å². The minimum atomic E-state index is -0.433. The predicted molar refractivity (Wildman–Crippen MR) is 79.1 cm³/mol. The fourth-order valence-corrected chi connectivity index (χ4v) is 1.99. The Hall–Kier alpha value is -1.71. The Morgan fingerprint density at radius 1 is 1.32 bits per heavy atom. The second-order valence-corrected chi connectivity index (χ2v) is 4.78. The number of hydrogen-bond donors (Lipinski definition) is 1. The van der Waals surface area contributed by atoms with Gasteiger partial charge >= 0.3 is 6.09 Å². The smallest absolute Gasteiger partial charge is 0.410 e. The van der Waals surface area contributed by atoms with Crippen molar-refractivity contribution in [2.45, 2.75) is 32.6 Å². The van der Waals surface area contributed by atoms with Gasteiger partial charge in [0, 0.05) is 26.8 Å². The predicted octanol–water partition coefficient (Wildman–Crippen LogP) is 3.20. The number of nitrogens with zero attached hydrogens (tertiary/aromatic N) is 1. The van der Waals surface area contributed by atoms with Crippen LogP contribution in [-0.4, -0.2) is 27.2 Å². The summed E-state index contributed by atoms with van der Waals surface area (Å²) in [6.07, 6.45) is 4.14. The summed E-state index contributed by atoms with van der Waals surface area (Å²) >= 11 is 0. The number of aryl methyl sites for hydroxylation is 1. The molecule has 0 atom stereocenters. The quantitative estimate of drug-likeness (QED) is 0.802. The molecule has 4 heteroatoms. The number of carbonyl (C=O) groups excluding carboxylic acids is 1. The molecule has 0 spiro atoms. The molecule has 0 heterocycles. The second kappa shape index (κ2) is 7.67. The summed E-state index contributed by atoms with van der Waals surface area (Å²) in [5, 5.41) is 2.45. The highest BCUT2D eigenvalue weighted by Crippen LogP contribution is 2.26. The molecule has 0 aliphatic rings. The summed E-state index contributed by atoms with van der Waals surface area (Å²) in [7, 11) is 5.61. The highest BCUT2D eigenvalue weighted by atomic mass is 16.5. The lowest BCUT2D eigenvalue weighted by molar-refractivity contribution is 0.203. The van der Waals surface area contributed by atoms with E-state index in [9.17, 15) is 4.79 Å². The van der Waals surface area contributed by atoms with Crippen LogP contribution in [0.25, 0.3) is 0 Å². The number of hydrogen-bond acceptors (Lipinski definition) is 3. The average molecular weight is 264 g/mol. The van der Waals surface area contributed by atoms with Crippen LogP contribution in [0.2, 0.25) is 0 Å². The molecule has 0 aliphatic heterocycles. The van der Waals surface area contributed by atoms with Crippen LogP contribution in [0.3, 0.4) is 0 Å². The Kier molecular flexibility index (Phi) is 6.19. The zero-order chi connectivity index (χ0) is 14.3. The average Bonchev–Trinajstić information content (AvgIpc) is 2.38. The minimum Gasteiger partial charge on any atom is -0.410 e. The molecular weight excluding hydrogens is 240 g/mol. The summed E-state index contributed by atoms with van der Waals surface area (Å²) in [5.74, 6) is 0.594. The second-order valence-electron chi connectivity index (χ2n) is 4.78. The van der Waals surface area contributed by atoms with Gasteiger partial charge < -0.3 is 15.0 Å². The van der Waals surface area contributed by atoms with E-state index in [2.05, 4.69) is 17.1 Å². The first kappa shape index (κ1) is 15.3. The fourth-order valence-electron chi connectivity index (χ4n) is 1.99. The lowest BCUT2D eigenvalue weighted by Gasteiger charge is -2.18. The molecule has 0 radical (unpaired) electrons. The van der Waals surface area contributed by atoms with Crippen LogP contribution >= 0.6 is 0 Å². The van der Waals surface area contributed by atoms with Gasteiger partial charge in [0.25, 0.3) is 0 Å². The number of benzene rings is 1. The van der Waals surface area contributed by atoms with Crippen LogP contribution in [0.1, 0.15) is 31.7 Å². The SMILES string of the molecule is CCCCCc1cc(OC(=O)NC)ccc1N(C)C. The third-order valence-electron chi connectivity index (χ3n) is 3.00. The Balaban J connectivity index is 2.87. The van der Waals surface area contributed by atoms with E-state index in [1.807, 2.05) is 32.3 Å². The Labute approximate surface area is 115 Å². The maximum atomic E-state index is 11.2. The molecule has 106 valence electrons. The van der Waals surface area contributed by atoms with Crippen LogP contribution in [0.4, 0.5) is 10.5 Å². The van der Waals surface area contributed by atoms with Crippen LogP contribution in [-0.2, 0) is 6.42 Å². The van der Waals surface area contributed by atoms with Gasteiger partial charge in [-0.05, 0) is 36.6 Å². The molecule has 0 saturated heterocycles. The Morgan fingerprint density at radius 3 is 2.63 bits per heavy atom. The molecule has 0 unspecified atom stereocenters. The molecule has 0 aliphatic carbocycles. The van der Waals surface area contributed by atoms with E-state index in [1.165, 1.54) is 24.1 Å². The van der Waals surface area contributed by atoms with Crippen molar-refractivity contribution in [2.24, 2.45) is 0 Å². The first-order valence-corrected chi connectivity index (χ1v) is 6.78. The summed E-state index contributed by atoms with van der Waals surface area (Å²) in [6.45, 7) is 2.19. The molecule has 4 nitrogen and oxygen atoms in total. The normalized spacial score (nSPS) is 10.1. The molecule has 0 aromatic heterocycles. The maximum Gasteiger partial charge on any atom is 0.412 e. The first-order valence-electron chi connectivity index (χ1n) is 6.78. The van der Waals surface area contributed by atoms with E-state index < -0.39 is 6.09 Å². The number of nitrogens with one attached hydrogen (secondary N) is 1. The largest absolute Gasteiger partial charge is 0.412 e. The molecule has 1 N–H and O–H groups in total. The van der Waals surface area contributed by atoms with Crippen LogP contribution in [0, 0.1) is 0 Å². The molecule has 0 saturated carbocycles. The third-order valence-corrected chi connectivity index (χ3v) is 3.00. The number of rotatable bonds is 6. The van der Waals surface area contributed by atoms with Crippen molar-refractivity contribution in [3.63, 3.8) is 0 Å². The van der Waals surface area contributed by atoms with Gasteiger partial charge in [-0.25, -0.2) is 4.79 Å². The van der Waals surface area contributed by atoms with Gasteiger partial charge in [-0.2, -0.15) is 0 Å². The summed E-state index contributed by atoms with van der Waals surface area (Å²) < 4.78 is 5.18. The minimum absolute atomic E-state index is 0.433. The van der Waals surface area contributed by atoms with Crippen molar-refractivity contribution in [3.05, 3.63) is 23.8 Å². The number of carbonyl (C=O) groups is 1. The van der Waals surface area contributed by atoms with Crippen molar-refractivity contribution in [1.29, 1.82) is 0 Å². The van der Waals surface area contributed by atoms with E-state index >= 15 is 0 Å². The number of anilines is 1. The Bertz CT molecular complexity index is 417. The van der Waals surface area contributed by atoms with Crippen molar-refractivity contribution in [3.8, 4) is 5.75 Å². The van der Waals surface area contributed by atoms with Crippen molar-refractivity contribution < 1.29 is 9.53 Å². The lowest BCUT2D eigenvalue weighted by atomic mass is 10.0. The van der Waals surface area contributed by atoms with E-state index in [-0.39, 0.29) is 0 Å². The van der Waals surface area contributed by atoms with Crippen molar-refractivity contribution in [1.82, 2.24) is 5.32 Å². The fraction of sp³-hybridized carbons (Fsp3) is 0.533. The molecule has 1 aromatic rings. The first-order chi connectivity index (χ1) is 9.08. The molecule has 1 rings (SSSR count). The molecule has 1 aromatic carbocycles. The summed E-state index contributed by atoms with van der Waals surface area (Å²) in [5.41, 5.74) is 2.40.